The summed E-state index contributed by atoms with van der Waals surface area (Å²) >= 11 is 0. The first kappa shape index (κ1) is 20.2. The second-order valence-corrected chi connectivity index (χ2v) is 10.1. The monoisotopic (exact) mass is 432 g/mol. The lowest BCUT2D eigenvalue weighted by Gasteiger charge is -2.54. The number of hydrogen-bond donors (Lipinski definition) is 1. The normalized spacial score (nSPS) is 29.9. The Morgan fingerprint density at radius 2 is 2.06 bits per heavy atom. The third kappa shape index (κ3) is 3.49. The summed E-state index contributed by atoms with van der Waals surface area (Å²) in [4.78, 5) is 38.1. The number of hydrogen-bond acceptors (Lipinski definition) is 4. The smallest absolute Gasteiger partial charge is 0.258 e. The fourth-order valence-corrected chi connectivity index (χ4v) is 6.88. The van der Waals surface area contributed by atoms with Crippen LogP contribution in [0.25, 0.3) is 10.9 Å². The van der Waals surface area contributed by atoms with Crippen molar-refractivity contribution in [3.8, 4) is 0 Å². The summed E-state index contributed by atoms with van der Waals surface area (Å²) in [6, 6.07) is 8.38. The minimum atomic E-state index is -0.127. The molecule has 3 aliphatic heterocycles. The molecule has 4 aliphatic rings. The number of aryl methyl sites for hydroxylation is 1. The second kappa shape index (κ2) is 8.14. The fourth-order valence-electron chi connectivity index (χ4n) is 6.88. The summed E-state index contributed by atoms with van der Waals surface area (Å²) in [5.74, 6) is 2.06. The van der Waals surface area contributed by atoms with E-state index in [-0.39, 0.29) is 17.5 Å². The highest BCUT2D eigenvalue weighted by Crippen LogP contribution is 2.45. The Hall–Kier alpha value is -2.47. The maximum absolute atomic E-state index is 13.4. The number of nitrogens with zero attached hydrogens (tertiary/aromatic N) is 3. The number of piperidine rings is 3. The molecule has 32 heavy (non-hydrogen) atoms. The van der Waals surface area contributed by atoms with Gasteiger partial charge in [-0.15, -0.1) is 0 Å². The van der Waals surface area contributed by atoms with Crippen LogP contribution in [-0.2, 0) is 11.2 Å². The van der Waals surface area contributed by atoms with Crippen LogP contribution in [0.5, 0.6) is 0 Å². The molecular formula is C26H32N4O2. The minimum absolute atomic E-state index is 0.127. The molecular weight excluding hydrogens is 400 g/mol. The van der Waals surface area contributed by atoms with Crippen LogP contribution in [0.1, 0.15) is 50.8 Å². The number of nitrogens with one attached hydrogen (secondary N) is 1. The van der Waals surface area contributed by atoms with E-state index >= 15 is 0 Å². The third-order valence-corrected chi connectivity index (χ3v) is 8.22. The van der Waals surface area contributed by atoms with Gasteiger partial charge in [-0.05, 0) is 62.6 Å². The van der Waals surface area contributed by atoms with Crippen molar-refractivity contribution in [2.45, 2.75) is 63.5 Å². The van der Waals surface area contributed by atoms with Crippen molar-refractivity contribution in [3.05, 3.63) is 52.1 Å². The van der Waals surface area contributed by atoms with Gasteiger partial charge in [-0.1, -0.05) is 30.2 Å². The molecule has 6 nitrogen and oxygen atoms in total. The number of carbonyl (C=O) groups is 1. The fraction of sp³-hybridized carbons (Fsp3) is 0.577. The lowest BCUT2D eigenvalue weighted by Crippen LogP contribution is -2.60. The maximum atomic E-state index is 13.4. The Balaban J connectivity index is 1.20. The molecule has 2 aromatic rings. The number of carbonyl (C=O) groups excluding carboxylic acids is 1. The van der Waals surface area contributed by atoms with Gasteiger partial charge in [-0.2, -0.15) is 0 Å². The van der Waals surface area contributed by atoms with Crippen molar-refractivity contribution in [1.29, 1.82) is 0 Å². The Kier molecular flexibility index (Phi) is 5.13. The highest BCUT2D eigenvalue weighted by Gasteiger charge is 2.46. The Morgan fingerprint density at radius 1 is 1.16 bits per heavy atom. The van der Waals surface area contributed by atoms with Gasteiger partial charge in [-0.25, -0.2) is 4.98 Å². The number of fused-ring (bicyclic) bond motifs is 7. The number of benzene rings is 1. The van der Waals surface area contributed by atoms with Crippen LogP contribution in [0.15, 0.2) is 40.7 Å². The van der Waals surface area contributed by atoms with Crippen molar-refractivity contribution >= 4 is 16.8 Å². The quantitative estimate of drug-likeness (QED) is 0.756. The predicted molar refractivity (Wildman–Crippen MR) is 124 cm³/mol. The van der Waals surface area contributed by atoms with E-state index < -0.39 is 0 Å². The van der Waals surface area contributed by atoms with E-state index in [2.05, 4.69) is 25.8 Å². The number of amides is 1. The number of aromatic nitrogens is 2. The average molecular weight is 433 g/mol. The molecule has 168 valence electrons. The van der Waals surface area contributed by atoms with Crippen LogP contribution >= 0.6 is 0 Å². The summed E-state index contributed by atoms with van der Waals surface area (Å²) < 4.78 is 0. The molecule has 4 heterocycles. The van der Waals surface area contributed by atoms with Crippen molar-refractivity contribution in [2.75, 3.05) is 19.6 Å². The topological polar surface area (TPSA) is 69.3 Å². The van der Waals surface area contributed by atoms with Gasteiger partial charge >= 0.3 is 0 Å². The summed E-state index contributed by atoms with van der Waals surface area (Å²) in [5.41, 5.74) is 2.09. The molecule has 0 spiro atoms. The highest BCUT2D eigenvalue weighted by atomic mass is 16.2. The number of para-hydroxylation sites is 1. The van der Waals surface area contributed by atoms with Crippen LogP contribution in [0.3, 0.4) is 0 Å². The summed E-state index contributed by atoms with van der Waals surface area (Å²) in [5, 5.41) is 0.596. The lowest BCUT2D eigenvalue weighted by molar-refractivity contribution is -0.136. The maximum Gasteiger partial charge on any atom is 0.258 e. The van der Waals surface area contributed by atoms with Gasteiger partial charge in [0.1, 0.15) is 5.82 Å². The molecule has 1 N–H and O–H groups in total. The summed E-state index contributed by atoms with van der Waals surface area (Å²) in [6.07, 6.45) is 10.9. The first-order chi connectivity index (χ1) is 15.7. The average Bonchev–Trinajstić information content (AvgIpc) is 2.82. The van der Waals surface area contributed by atoms with E-state index in [1.807, 2.05) is 18.2 Å². The lowest BCUT2D eigenvalue weighted by atomic mass is 9.68. The van der Waals surface area contributed by atoms with Crippen LogP contribution in [0.4, 0.5) is 0 Å². The van der Waals surface area contributed by atoms with Gasteiger partial charge in [0.05, 0.1) is 16.9 Å². The van der Waals surface area contributed by atoms with Gasteiger partial charge in [0.15, 0.2) is 0 Å². The molecule has 0 saturated carbocycles. The molecule has 4 atom stereocenters. The van der Waals surface area contributed by atoms with Gasteiger partial charge in [0.2, 0.25) is 5.91 Å². The van der Waals surface area contributed by atoms with E-state index in [1.165, 1.54) is 37.8 Å². The Bertz CT molecular complexity index is 1120. The van der Waals surface area contributed by atoms with Crippen molar-refractivity contribution in [1.82, 2.24) is 19.8 Å². The van der Waals surface area contributed by atoms with Crippen LogP contribution in [0, 0.1) is 11.8 Å². The molecule has 1 aromatic heterocycles. The van der Waals surface area contributed by atoms with Crippen molar-refractivity contribution < 1.29 is 4.79 Å². The summed E-state index contributed by atoms with van der Waals surface area (Å²) in [6.45, 7) is 3.22. The predicted octanol–water partition coefficient (Wildman–Crippen LogP) is 3.28. The molecule has 1 aliphatic carbocycles. The molecule has 3 saturated heterocycles. The van der Waals surface area contributed by atoms with Crippen LogP contribution in [0.2, 0.25) is 0 Å². The van der Waals surface area contributed by atoms with Crippen LogP contribution in [-0.4, -0.2) is 57.4 Å². The number of likely N-dealkylation sites (tertiary alicyclic amines) is 1. The van der Waals surface area contributed by atoms with Gasteiger partial charge < -0.3 is 9.88 Å². The van der Waals surface area contributed by atoms with Gasteiger partial charge in [0.25, 0.3) is 5.56 Å². The van der Waals surface area contributed by atoms with E-state index in [1.54, 1.807) is 6.07 Å². The van der Waals surface area contributed by atoms with Crippen molar-refractivity contribution in [3.63, 3.8) is 0 Å². The zero-order chi connectivity index (χ0) is 21.7. The Morgan fingerprint density at radius 3 is 3.00 bits per heavy atom. The SMILES string of the molecule is O=C(CCc1nc2ccccc2c(=O)[nH]1)N1CCCC2=C[C@H]3C[C@H](CN4CCCC[C@H]34)[C@H]21. The third-order valence-electron chi connectivity index (χ3n) is 8.22. The first-order valence-electron chi connectivity index (χ1n) is 12.4. The summed E-state index contributed by atoms with van der Waals surface area (Å²) in [7, 11) is 0. The first-order valence-corrected chi connectivity index (χ1v) is 12.4. The van der Waals surface area contributed by atoms with Crippen LogP contribution < -0.4 is 5.56 Å². The molecule has 1 aromatic carbocycles. The standard InChI is InChI=1S/C26H32N4O2/c31-24(11-10-23-27-21-8-2-1-7-20(21)26(32)28-23)30-13-5-6-17-14-18-15-19(25(17)30)16-29-12-4-3-9-22(18)29/h1-2,7-8,14,18-19,22,25H,3-6,9-13,15-16H2,(H,27,28,32)/t18-,19+,22+,25-/m0/s1. The molecule has 1 amide bonds. The molecule has 6 heteroatoms. The second-order valence-electron chi connectivity index (χ2n) is 10.1. The van der Waals surface area contributed by atoms with E-state index in [0.29, 0.717) is 41.4 Å². The largest absolute Gasteiger partial charge is 0.336 e. The minimum Gasteiger partial charge on any atom is -0.336 e. The van der Waals surface area contributed by atoms with Gasteiger partial charge in [-0.3, -0.25) is 14.5 Å². The molecule has 0 radical (unpaired) electrons. The zero-order valence-electron chi connectivity index (χ0n) is 18.6. The number of H-pyrrole nitrogens is 1. The number of aromatic amines is 1. The Labute approximate surface area is 188 Å². The molecule has 0 unspecified atom stereocenters. The molecule has 3 fully saturated rings. The molecule has 6 rings (SSSR count). The highest BCUT2D eigenvalue weighted by molar-refractivity contribution is 5.78. The number of rotatable bonds is 3. The van der Waals surface area contributed by atoms with E-state index in [9.17, 15) is 9.59 Å². The van der Waals surface area contributed by atoms with Crippen molar-refractivity contribution in [2.24, 2.45) is 11.8 Å². The van der Waals surface area contributed by atoms with E-state index in [4.69, 9.17) is 0 Å². The molecule has 2 bridgehead atoms. The van der Waals surface area contributed by atoms with Gasteiger partial charge in [0, 0.05) is 32.0 Å². The van der Waals surface area contributed by atoms with E-state index in [0.717, 1.165) is 32.0 Å². The zero-order valence-corrected chi connectivity index (χ0v) is 18.6.